The molecule has 2 aromatic carbocycles. The molecule has 0 amide bonds. The molecule has 0 bridgehead atoms. The number of hydrogen-bond donors (Lipinski definition) is 1. The molecule has 1 N–H and O–H groups in total. The van der Waals surface area contributed by atoms with Gasteiger partial charge in [-0.15, -0.1) is 0 Å². The largest absolute Gasteiger partial charge is 0.494 e. The quantitative estimate of drug-likeness (QED) is 0.836. The molecule has 0 fully saturated rings. The number of halogens is 1. The van der Waals surface area contributed by atoms with Crippen molar-refractivity contribution in [3.8, 4) is 5.75 Å². The topological polar surface area (TPSA) is 21.3 Å². The van der Waals surface area contributed by atoms with E-state index in [0.717, 1.165) is 11.3 Å². The van der Waals surface area contributed by atoms with Crippen LogP contribution in [-0.4, -0.2) is 6.61 Å². The Morgan fingerprint density at radius 1 is 1.00 bits per heavy atom. The van der Waals surface area contributed by atoms with Gasteiger partial charge in [0.05, 0.1) is 6.61 Å². The summed E-state index contributed by atoms with van der Waals surface area (Å²) in [5.74, 6) is 0.682. The van der Waals surface area contributed by atoms with Gasteiger partial charge in [-0.05, 0) is 56.2 Å². The fourth-order valence-electron chi connectivity index (χ4n) is 2.36. The number of ether oxygens (including phenoxy) is 1. The highest BCUT2D eigenvalue weighted by atomic mass is 19.1. The van der Waals surface area contributed by atoms with Crippen LogP contribution in [0, 0.1) is 5.82 Å². The van der Waals surface area contributed by atoms with Crippen LogP contribution < -0.4 is 10.1 Å². The predicted octanol–water partition coefficient (Wildman–Crippen LogP) is 4.64. The summed E-state index contributed by atoms with van der Waals surface area (Å²) in [5.41, 5.74) is 2.13. The van der Waals surface area contributed by atoms with Gasteiger partial charge in [-0.3, -0.25) is 0 Å². The number of rotatable bonds is 6. The molecule has 1 unspecified atom stereocenters. The molecule has 0 saturated heterocycles. The Morgan fingerprint density at radius 2 is 1.67 bits per heavy atom. The summed E-state index contributed by atoms with van der Waals surface area (Å²) < 4.78 is 18.7. The van der Waals surface area contributed by atoms with Crippen LogP contribution in [0.3, 0.4) is 0 Å². The van der Waals surface area contributed by atoms with Gasteiger partial charge in [0.15, 0.2) is 0 Å². The average Bonchev–Trinajstić information content (AvgIpc) is 2.48. The fraction of sp³-hybridized carbons (Fsp3) is 0.333. The summed E-state index contributed by atoms with van der Waals surface area (Å²) in [5, 5.41) is 3.48. The molecule has 3 heteroatoms. The first-order chi connectivity index (χ1) is 10.1. The van der Waals surface area contributed by atoms with E-state index in [1.807, 2.05) is 32.0 Å². The van der Waals surface area contributed by atoms with E-state index in [9.17, 15) is 4.39 Å². The summed E-state index contributed by atoms with van der Waals surface area (Å²) in [6, 6.07) is 15.0. The molecule has 0 aliphatic rings. The van der Waals surface area contributed by atoms with E-state index in [4.69, 9.17) is 4.74 Å². The van der Waals surface area contributed by atoms with Crippen LogP contribution in [0.1, 0.15) is 44.0 Å². The third-order valence-corrected chi connectivity index (χ3v) is 3.54. The number of nitrogens with one attached hydrogen (secondary N) is 1. The highest BCUT2D eigenvalue weighted by molar-refractivity contribution is 5.29. The molecule has 2 rings (SSSR count). The van der Waals surface area contributed by atoms with Gasteiger partial charge in [0, 0.05) is 12.1 Å². The molecule has 0 aromatic heterocycles. The minimum Gasteiger partial charge on any atom is -0.494 e. The Balaban J connectivity index is 2.01. The summed E-state index contributed by atoms with van der Waals surface area (Å²) in [4.78, 5) is 0. The lowest BCUT2D eigenvalue weighted by Crippen LogP contribution is -2.22. The summed E-state index contributed by atoms with van der Waals surface area (Å²) in [6.07, 6.45) is 0. The van der Waals surface area contributed by atoms with Crippen LogP contribution in [0.2, 0.25) is 0 Å². The molecule has 2 aromatic rings. The van der Waals surface area contributed by atoms with E-state index in [2.05, 4.69) is 24.4 Å². The highest BCUT2D eigenvalue weighted by Crippen LogP contribution is 2.22. The number of benzene rings is 2. The van der Waals surface area contributed by atoms with Crippen LogP contribution in [-0.2, 0) is 0 Å². The zero-order valence-electron chi connectivity index (χ0n) is 12.8. The zero-order valence-corrected chi connectivity index (χ0v) is 12.8. The van der Waals surface area contributed by atoms with E-state index in [0.29, 0.717) is 6.61 Å². The van der Waals surface area contributed by atoms with E-state index in [-0.39, 0.29) is 17.9 Å². The Bertz CT molecular complexity index is 568. The summed E-state index contributed by atoms with van der Waals surface area (Å²) in [6.45, 7) is 6.79. The third kappa shape index (κ3) is 4.30. The standard InChI is InChI=1S/C18H22FNO/c1-4-21-18-10-8-15(9-11-18)13(2)20-14(3)16-6-5-7-17(19)12-16/h5-14,20H,4H2,1-3H3/t13?,14-/m0/s1. The Hall–Kier alpha value is -1.87. The molecule has 2 atom stereocenters. The Labute approximate surface area is 126 Å². The molecular formula is C18H22FNO. The van der Waals surface area contributed by atoms with Crippen molar-refractivity contribution in [1.82, 2.24) is 5.32 Å². The molecule has 0 heterocycles. The predicted molar refractivity (Wildman–Crippen MR) is 84.0 cm³/mol. The second-order valence-electron chi connectivity index (χ2n) is 5.17. The first kappa shape index (κ1) is 15.5. The van der Waals surface area contributed by atoms with Crippen molar-refractivity contribution in [2.45, 2.75) is 32.9 Å². The second-order valence-corrected chi connectivity index (χ2v) is 5.17. The summed E-state index contributed by atoms with van der Waals surface area (Å²) >= 11 is 0. The molecule has 112 valence electrons. The minimum atomic E-state index is -0.199. The van der Waals surface area contributed by atoms with Crippen molar-refractivity contribution in [2.24, 2.45) is 0 Å². The second kappa shape index (κ2) is 7.23. The normalized spacial score (nSPS) is 13.7. The van der Waals surface area contributed by atoms with Crippen molar-refractivity contribution >= 4 is 0 Å². The third-order valence-electron chi connectivity index (χ3n) is 3.54. The van der Waals surface area contributed by atoms with Gasteiger partial charge in [0.1, 0.15) is 11.6 Å². The molecule has 0 saturated carbocycles. The highest BCUT2D eigenvalue weighted by Gasteiger charge is 2.11. The van der Waals surface area contributed by atoms with Crippen molar-refractivity contribution in [3.05, 3.63) is 65.5 Å². The lowest BCUT2D eigenvalue weighted by Gasteiger charge is -2.21. The van der Waals surface area contributed by atoms with Crippen molar-refractivity contribution in [1.29, 1.82) is 0 Å². The monoisotopic (exact) mass is 287 g/mol. The Kier molecular flexibility index (Phi) is 5.34. The van der Waals surface area contributed by atoms with Gasteiger partial charge in [-0.1, -0.05) is 24.3 Å². The molecule has 0 aliphatic heterocycles. The van der Waals surface area contributed by atoms with Crippen LogP contribution in [0.5, 0.6) is 5.75 Å². The minimum absolute atomic E-state index is 0.0854. The van der Waals surface area contributed by atoms with Gasteiger partial charge in [-0.2, -0.15) is 0 Å². The fourth-order valence-corrected chi connectivity index (χ4v) is 2.36. The Morgan fingerprint density at radius 3 is 2.29 bits per heavy atom. The molecule has 2 nitrogen and oxygen atoms in total. The van der Waals surface area contributed by atoms with E-state index >= 15 is 0 Å². The molecule has 0 spiro atoms. The van der Waals surface area contributed by atoms with E-state index in [1.165, 1.54) is 11.6 Å². The van der Waals surface area contributed by atoms with Crippen LogP contribution in [0.15, 0.2) is 48.5 Å². The van der Waals surface area contributed by atoms with Crippen LogP contribution in [0.25, 0.3) is 0 Å². The van der Waals surface area contributed by atoms with Gasteiger partial charge in [-0.25, -0.2) is 4.39 Å². The van der Waals surface area contributed by atoms with Crippen molar-refractivity contribution < 1.29 is 9.13 Å². The van der Waals surface area contributed by atoms with Crippen molar-refractivity contribution in [3.63, 3.8) is 0 Å². The van der Waals surface area contributed by atoms with E-state index in [1.54, 1.807) is 12.1 Å². The number of hydrogen-bond acceptors (Lipinski definition) is 2. The van der Waals surface area contributed by atoms with E-state index < -0.39 is 0 Å². The van der Waals surface area contributed by atoms with Gasteiger partial charge in [0.2, 0.25) is 0 Å². The molecule has 0 radical (unpaired) electrons. The zero-order chi connectivity index (χ0) is 15.2. The molecular weight excluding hydrogens is 265 g/mol. The van der Waals surface area contributed by atoms with Gasteiger partial charge in [0.25, 0.3) is 0 Å². The van der Waals surface area contributed by atoms with Crippen LogP contribution in [0.4, 0.5) is 4.39 Å². The maximum absolute atomic E-state index is 13.3. The van der Waals surface area contributed by atoms with Gasteiger partial charge >= 0.3 is 0 Å². The van der Waals surface area contributed by atoms with Crippen molar-refractivity contribution in [2.75, 3.05) is 6.61 Å². The lowest BCUT2D eigenvalue weighted by molar-refractivity contribution is 0.340. The SMILES string of the molecule is CCOc1ccc(C(C)N[C@@H](C)c2cccc(F)c2)cc1. The maximum atomic E-state index is 13.3. The first-order valence-corrected chi connectivity index (χ1v) is 7.34. The smallest absolute Gasteiger partial charge is 0.123 e. The average molecular weight is 287 g/mol. The molecule has 0 aliphatic carbocycles. The maximum Gasteiger partial charge on any atom is 0.123 e. The van der Waals surface area contributed by atoms with Gasteiger partial charge < -0.3 is 10.1 Å². The lowest BCUT2D eigenvalue weighted by atomic mass is 10.0. The van der Waals surface area contributed by atoms with Crippen LogP contribution >= 0.6 is 0 Å². The summed E-state index contributed by atoms with van der Waals surface area (Å²) in [7, 11) is 0. The molecule has 21 heavy (non-hydrogen) atoms. The first-order valence-electron chi connectivity index (χ1n) is 7.34.